The summed E-state index contributed by atoms with van der Waals surface area (Å²) in [6.07, 6.45) is 6.98. The Morgan fingerprint density at radius 2 is 2.09 bits per heavy atom. The van der Waals surface area contributed by atoms with Gasteiger partial charge in [0.1, 0.15) is 18.3 Å². The highest BCUT2D eigenvalue weighted by molar-refractivity contribution is 6.06. The Morgan fingerprint density at radius 1 is 1.36 bits per heavy atom. The van der Waals surface area contributed by atoms with Crippen LogP contribution in [0.25, 0.3) is 0 Å². The summed E-state index contributed by atoms with van der Waals surface area (Å²) in [4.78, 5) is 24.5. The molecule has 0 radical (unpaired) electrons. The van der Waals surface area contributed by atoms with Crippen LogP contribution in [0.2, 0.25) is 0 Å². The summed E-state index contributed by atoms with van der Waals surface area (Å²) in [6.45, 7) is 2.07. The SMILES string of the molecule is C#CCOC1=CC(=O)C(C(=O)OCC)C(c2ccccc2)C1. The zero-order valence-electron chi connectivity index (χ0n) is 12.5. The molecule has 0 heterocycles. The fraction of sp³-hybridized carbons (Fsp3) is 0.333. The van der Waals surface area contributed by atoms with Crippen LogP contribution in [-0.4, -0.2) is 25.0 Å². The van der Waals surface area contributed by atoms with E-state index in [1.165, 1.54) is 6.08 Å². The molecule has 0 aliphatic heterocycles. The molecule has 0 amide bonds. The van der Waals surface area contributed by atoms with Crippen molar-refractivity contribution in [2.24, 2.45) is 5.92 Å². The number of benzene rings is 1. The molecule has 1 aliphatic rings. The van der Waals surface area contributed by atoms with E-state index in [9.17, 15) is 9.59 Å². The lowest BCUT2D eigenvalue weighted by Gasteiger charge is -2.28. The summed E-state index contributed by atoms with van der Waals surface area (Å²) >= 11 is 0. The van der Waals surface area contributed by atoms with Gasteiger partial charge in [0.25, 0.3) is 0 Å². The fourth-order valence-electron chi connectivity index (χ4n) is 2.60. The molecule has 2 atom stereocenters. The van der Waals surface area contributed by atoms with E-state index in [0.717, 1.165) is 5.56 Å². The molecule has 1 aromatic carbocycles. The first-order valence-corrected chi connectivity index (χ1v) is 7.19. The van der Waals surface area contributed by atoms with Crippen LogP contribution in [0.15, 0.2) is 42.2 Å². The topological polar surface area (TPSA) is 52.6 Å². The van der Waals surface area contributed by atoms with Crippen molar-refractivity contribution in [3.05, 3.63) is 47.7 Å². The summed E-state index contributed by atoms with van der Waals surface area (Å²) in [6, 6.07) is 9.44. The van der Waals surface area contributed by atoms with Crippen LogP contribution in [0.5, 0.6) is 0 Å². The Kier molecular flexibility index (Phi) is 5.37. The molecule has 0 aromatic heterocycles. The number of terminal acetylenes is 1. The molecule has 2 rings (SSSR count). The molecule has 2 unspecified atom stereocenters. The smallest absolute Gasteiger partial charge is 0.317 e. The molecule has 0 saturated heterocycles. The monoisotopic (exact) mass is 298 g/mol. The van der Waals surface area contributed by atoms with Crippen LogP contribution in [-0.2, 0) is 19.1 Å². The van der Waals surface area contributed by atoms with Crippen molar-refractivity contribution in [1.82, 2.24) is 0 Å². The number of allylic oxidation sites excluding steroid dienone is 2. The molecule has 0 fully saturated rings. The maximum absolute atomic E-state index is 12.4. The maximum Gasteiger partial charge on any atom is 0.317 e. The van der Waals surface area contributed by atoms with E-state index in [1.807, 2.05) is 30.3 Å². The average Bonchev–Trinajstić information content (AvgIpc) is 2.53. The van der Waals surface area contributed by atoms with Gasteiger partial charge in [0.2, 0.25) is 0 Å². The molecule has 1 aliphatic carbocycles. The largest absolute Gasteiger partial charge is 0.485 e. The number of ketones is 1. The summed E-state index contributed by atoms with van der Waals surface area (Å²) < 4.78 is 10.5. The van der Waals surface area contributed by atoms with Crippen molar-refractivity contribution < 1.29 is 19.1 Å². The molecule has 22 heavy (non-hydrogen) atoms. The lowest BCUT2D eigenvalue weighted by atomic mass is 9.77. The van der Waals surface area contributed by atoms with Crippen molar-refractivity contribution in [1.29, 1.82) is 0 Å². The third kappa shape index (κ3) is 3.56. The standard InChI is InChI=1S/C18H18O4/c1-3-10-22-14-11-15(13-8-6-5-7-9-13)17(16(19)12-14)18(20)21-4-2/h1,5-9,12,15,17H,4,10-11H2,2H3. The van der Waals surface area contributed by atoms with Gasteiger partial charge in [0, 0.05) is 18.4 Å². The van der Waals surface area contributed by atoms with Crippen molar-refractivity contribution in [3.8, 4) is 12.3 Å². The summed E-state index contributed by atoms with van der Waals surface area (Å²) in [7, 11) is 0. The summed E-state index contributed by atoms with van der Waals surface area (Å²) in [5, 5.41) is 0. The van der Waals surface area contributed by atoms with Gasteiger partial charge >= 0.3 is 5.97 Å². The summed E-state index contributed by atoms with van der Waals surface area (Å²) in [5.74, 6) is 0.958. The third-order valence-corrected chi connectivity index (χ3v) is 3.54. The number of carbonyl (C=O) groups is 2. The minimum Gasteiger partial charge on any atom is -0.485 e. The van der Waals surface area contributed by atoms with E-state index in [0.29, 0.717) is 12.2 Å². The minimum absolute atomic E-state index is 0.102. The molecule has 4 heteroatoms. The molecule has 0 bridgehead atoms. The predicted octanol–water partition coefficient (Wildman–Crippen LogP) is 2.46. The van der Waals surface area contributed by atoms with E-state index in [1.54, 1.807) is 6.92 Å². The lowest BCUT2D eigenvalue weighted by Crippen LogP contribution is -2.34. The van der Waals surface area contributed by atoms with Crippen LogP contribution >= 0.6 is 0 Å². The highest BCUT2D eigenvalue weighted by Crippen LogP contribution is 2.37. The Labute approximate surface area is 130 Å². The second-order valence-electron chi connectivity index (χ2n) is 4.96. The van der Waals surface area contributed by atoms with Crippen molar-refractivity contribution in [2.45, 2.75) is 19.3 Å². The molecule has 0 spiro atoms. The van der Waals surface area contributed by atoms with Crippen LogP contribution < -0.4 is 0 Å². The number of hydrogen-bond donors (Lipinski definition) is 0. The second-order valence-corrected chi connectivity index (χ2v) is 4.96. The number of hydrogen-bond acceptors (Lipinski definition) is 4. The third-order valence-electron chi connectivity index (χ3n) is 3.54. The molecular formula is C18H18O4. The van der Waals surface area contributed by atoms with Gasteiger partial charge in [-0.1, -0.05) is 36.3 Å². The number of ether oxygens (including phenoxy) is 2. The van der Waals surface area contributed by atoms with Crippen LogP contribution in [0.1, 0.15) is 24.8 Å². The highest BCUT2D eigenvalue weighted by atomic mass is 16.5. The lowest BCUT2D eigenvalue weighted by molar-refractivity contribution is -0.152. The van der Waals surface area contributed by atoms with Crippen molar-refractivity contribution >= 4 is 11.8 Å². The van der Waals surface area contributed by atoms with Gasteiger partial charge in [-0.05, 0) is 12.5 Å². The normalized spacial score (nSPS) is 20.7. The molecular weight excluding hydrogens is 280 g/mol. The molecule has 0 N–H and O–H groups in total. The van der Waals surface area contributed by atoms with Gasteiger partial charge in [0.05, 0.1) is 6.61 Å². The van der Waals surface area contributed by atoms with Crippen LogP contribution in [0.4, 0.5) is 0 Å². The van der Waals surface area contributed by atoms with Crippen LogP contribution in [0, 0.1) is 18.3 Å². The van der Waals surface area contributed by atoms with Gasteiger partial charge in [0.15, 0.2) is 5.78 Å². The summed E-state index contributed by atoms with van der Waals surface area (Å²) in [5.41, 5.74) is 0.906. The van der Waals surface area contributed by atoms with E-state index in [4.69, 9.17) is 15.9 Å². The highest BCUT2D eigenvalue weighted by Gasteiger charge is 2.40. The van der Waals surface area contributed by atoms with Gasteiger partial charge in [-0.25, -0.2) is 0 Å². The Bertz CT molecular complexity index is 610. The first kappa shape index (κ1) is 15.8. The Morgan fingerprint density at radius 3 is 2.73 bits per heavy atom. The molecule has 114 valence electrons. The fourth-order valence-corrected chi connectivity index (χ4v) is 2.60. The van der Waals surface area contributed by atoms with Crippen molar-refractivity contribution in [3.63, 3.8) is 0 Å². The number of carbonyl (C=O) groups excluding carboxylic acids is 2. The first-order chi connectivity index (χ1) is 10.7. The van der Waals surface area contributed by atoms with E-state index < -0.39 is 11.9 Å². The van der Waals surface area contributed by atoms with Gasteiger partial charge < -0.3 is 9.47 Å². The van der Waals surface area contributed by atoms with Gasteiger partial charge in [-0.3, -0.25) is 9.59 Å². The zero-order valence-corrected chi connectivity index (χ0v) is 12.5. The molecule has 0 saturated carbocycles. The minimum atomic E-state index is -0.833. The number of esters is 1. The van der Waals surface area contributed by atoms with E-state index in [2.05, 4.69) is 5.92 Å². The molecule has 1 aromatic rings. The van der Waals surface area contributed by atoms with Gasteiger partial charge in [-0.2, -0.15) is 0 Å². The average molecular weight is 298 g/mol. The van der Waals surface area contributed by atoms with Crippen LogP contribution in [0.3, 0.4) is 0 Å². The Hall–Kier alpha value is -2.54. The maximum atomic E-state index is 12.4. The number of rotatable bonds is 5. The van der Waals surface area contributed by atoms with E-state index >= 15 is 0 Å². The van der Waals surface area contributed by atoms with E-state index in [-0.39, 0.29) is 24.9 Å². The predicted molar refractivity (Wildman–Crippen MR) is 81.8 cm³/mol. The Balaban J connectivity index is 2.32. The quantitative estimate of drug-likeness (QED) is 0.476. The first-order valence-electron chi connectivity index (χ1n) is 7.19. The molecule has 4 nitrogen and oxygen atoms in total. The van der Waals surface area contributed by atoms with Crippen molar-refractivity contribution in [2.75, 3.05) is 13.2 Å². The van der Waals surface area contributed by atoms with Gasteiger partial charge in [-0.15, -0.1) is 6.42 Å². The zero-order chi connectivity index (χ0) is 15.9. The second kappa shape index (κ2) is 7.46.